The molecule has 0 aliphatic carbocycles. The summed E-state index contributed by atoms with van der Waals surface area (Å²) >= 11 is 0. The van der Waals surface area contributed by atoms with Crippen molar-refractivity contribution in [1.82, 2.24) is 0 Å². The zero-order valence-corrected chi connectivity index (χ0v) is 9.84. The van der Waals surface area contributed by atoms with Crippen molar-refractivity contribution < 1.29 is 9.53 Å². The first-order chi connectivity index (χ1) is 6.74. The molecule has 2 heteroatoms. The first-order valence-electron chi connectivity index (χ1n) is 5.94. The molecule has 0 aromatic rings. The summed E-state index contributed by atoms with van der Waals surface area (Å²) < 4.78 is 5.35. The molecular formula is C12H24O2. The molecule has 0 saturated carbocycles. The fourth-order valence-electron chi connectivity index (χ4n) is 1.43. The Morgan fingerprint density at radius 2 is 1.86 bits per heavy atom. The Labute approximate surface area is 88.0 Å². The average molecular weight is 200 g/mol. The third-order valence-corrected chi connectivity index (χ3v) is 2.35. The molecular weight excluding hydrogens is 176 g/mol. The highest BCUT2D eigenvalue weighted by atomic mass is 16.5. The molecule has 0 heterocycles. The van der Waals surface area contributed by atoms with Crippen LogP contribution in [0.15, 0.2) is 0 Å². The van der Waals surface area contributed by atoms with Crippen LogP contribution in [0, 0.1) is 0 Å². The van der Waals surface area contributed by atoms with E-state index in [1.807, 2.05) is 0 Å². The molecule has 0 aliphatic rings. The van der Waals surface area contributed by atoms with Crippen molar-refractivity contribution in [3.05, 3.63) is 0 Å². The van der Waals surface area contributed by atoms with E-state index in [1.165, 1.54) is 0 Å². The third-order valence-electron chi connectivity index (χ3n) is 2.35. The van der Waals surface area contributed by atoms with Gasteiger partial charge >= 0.3 is 5.97 Å². The molecule has 0 amide bonds. The van der Waals surface area contributed by atoms with Gasteiger partial charge in [-0.15, -0.1) is 0 Å². The van der Waals surface area contributed by atoms with E-state index in [4.69, 9.17) is 4.74 Å². The number of esters is 1. The Balaban J connectivity index is 3.56. The van der Waals surface area contributed by atoms with Gasteiger partial charge in [0.2, 0.25) is 0 Å². The maximum atomic E-state index is 11.3. The number of unbranched alkanes of at least 4 members (excludes halogenated alkanes) is 2. The summed E-state index contributed by atoms with van der Waals surface area (Å²) in [6.07, 6.45) is 7.00. The van der Waals surface area contributed by atoms with E-state index in [1.54, 1.807) is 0 Å². The van der Waals surface area contributed by atoms with E-state index in [2.05, 4.69) is 20.8 Å². The van der Waals surface area contributed by atoms with Crippen LogP contribution in [-0.4, -0.2) is 12.1 Å². The summed E-state index contributed by atoms with van der Waals surface area (Å²) in [4.78, 5) is 11.3. The summed E-state index contributed by atoms with van der Waals surface area (Å²) in [5, 5.41) is 0. The number of rotatable bonds is 8. The highest BCUT2D eigenvalue weighted by molar-refractivity contribution is 5.69. The van der Waals surface area contributed by atoms with Gasteiger partial charge in [-0.05, 0) is 19.3 Å². The Morgan fingerprint density at radius 1 is 1.14 bits per heavy atom. The summed E-state index contributed by atoms with van der Waals surface area (Å²) in [5.41, 5.74) is 0. The van der Waals surface area contributed by atoms with Crippen molar-refractivity contribution in [3.63, 3.8) is 0 Å². The van der Waals surface area contributed by atoms with E-state index < -0.39 is 0 Å². The Kier molecular flexibility index (Phi) is 8.70. The van der Waals surface area contributed by atoms with Crippen LogP contribution in [0.2, 0.25) is 0 Å². The molecule has 0 radical (unpaired) electrons. The van der Waals surface area contributed by atoms with Gasteiger partial charge in [0.25, 0.3) is 0 Å². The number of hydrogen-bond donors (Lipinski definition) is 0. The fraction of sp³-hybridized carbons (Fsp3) is 0.917. The van der Waals surface area contributed by atoms with Crippen LogP contribution in [-0.2, 0) is 9.53 Å². The maximum absolute atomic E-state index is 11.3. The second-order valence-corrected chi connectivity index (χ2v) is 3.77. The second-order valence-electron chi connectivity index (χ2n) is 3.77. The lowest BCUT2D eigenvalue weighted by atomic mass is 10.1. The van der Waals surface area contributed by atoms with Gasteiger partial charge < -0.3 is 4.74 Å². The predicted octanol–water partition coefficient (Wildman–Crippen LogP) is 3.69. The summed E-state index contributed by atoms with van der Waals surface area (Å²) in [7, 11) is 0. The number of carbonyl (C=O) groups is 1. The minimum Gasteiger partial charge on any atom is -0.462 e. The van der Waals surface area contributed by atoms with Crippen LogP contribution >= 0.6 is 0 Å². The second kappa shape index (κ2) is 9.04. The molecule has 0 aromatic carbocycles. The standard InChI is InChI=1S/C12H24O2/c1-4-7-8-10-12(13)14-11(6-3)9-5-2/h11H,4-10H2,1-3H3. The van der Waals surface area contributed by atoms with Crippen molar-refractivity contribution in [2.45, 2.75) is 71.8 Å². The molecule has 0 rings (SSSR count). The van der Waals surface area contributed by atoms with Gasteiger partial charge in [0.05, 0.1) is 0 Å². The first kappa shape index (κ1) is 13.5. The highest BCUT2D eigenvalue weighted by Gasteiger charge is 2.10. The molecule has 0 saturated heterocycles. The SMILES string of the molecule is CCCCCC(=O)OC(CC)CCC. The topological polar surface area (TPSA) is 26.3 Å². The van der Waals surface area contributed by atoms with E-state index in [0.29, 0.717) is 6.42 Å². The summed E-state index contributed by atoms with van der Waals surface area (Å²) in [6, 6.07) is 0. The van der Waals surface area contributed by atoms with Gasteiger partial charge in [-0.1, -0.05) is 40.0 Å². The predicted molar refractivity (Wildman–Crippen MR) is 59.2 cm³/mol. The van der Waals surface area contributed by atoms with Crippen LogP contribution in [0.1, 0.15) is 65.7 Å². The molecule has 84 valence electrons. The van der Waals surface area contributed by atoms with Crippen molar-refractivity contribution in [3.8, 4) is 0 Å². The third kappa shape index (κ3) is 6.93. The van der Waals surface area contributed by atoms with Crippen LogP contribution in [0.25, 0.3) is 0 Å². The lowest BCUT2D eigenvalue weighted by Crippen LogP contribution is -2.16. The zero-order valence-electron chi connectivity index (χ0n) is 9.84. The quantitative estimate of drug-likeness (QED) is 0.441. The molecule has 0 bridgehead atoms. The summed E-state index contributed by atoms with van der Waals surface area (Å²) in [5.74, 6) is -0.0150. The van der Waals surface area contributed by atoms with Crippen LogP contribution in [0.5, 0.6) is 0 Å². The molecule has 14 heavy (non-hydrogen) atoms. The molecule has 0 spiro atoms. The van der Waals surface area contributed by atoms with E-state index in [0.717, 1.165) is 38.5 Å². The minimum atomic E-state index is -0.0150. The van der Waals surface area contributed by atoms with Gasteiger partial charge in [0.1, 0.15) is 6.10 Å². The Bertz CT molecular complexity index is 143. The molecule has 0 aliphatic heterocycles. The fourth-order valence-corrected chi connectivity index (χ4v) is 1.43. The van der Waals surface area contributed by atoms with E-state index >= 15 is 0 Å². The normalized spacial score (nSPS) is 12.5. The minimum absolute atomic E-state index is 0.0150. The lowest BCUT2D eigenvalue weighted by molar-refractivity contribution is -0.149. The monoisotopic (exact) mass is 200 g/mol. The molecule has 0 aromatic heterocycles. The number of carbonyl (C=O) groups excluding carboxylic acids is 1. The van der Waals surface area contributed by atoms with Gasteiger partial charge in [-0.3, -0.25) is 4.79 Å². The zero-order chi connectivity index (χ0) is 10.8. The molecule has 1 atom stereocenters. The largest absolute Gasteiger partial charge is 0.462 e. The Morgan fingerprint density at radius 3 is 2.36 bits per heavy atom. The van der Waals surface area contributed by atoms with Gasteiger partial charge in [-0.2, -0.15) is 0 Å². The van der Waals surface area contributed by atoms with E-state index in [-0.39, 0.29) is 12.1 Å². The molecule has 0 fully saturated rings. The highest BCUT2D eigenvalue weighted by Crippen LogP contribution is 2.09. The lowest BCUT2D eigenvalue weighted by Gasteiger charge is -2.14. The average Bonchev–Trinajstić information content (AvgIpc) is 2.17. The van der Waals surface area contributed by atoms with Gasteiger partial charge in [-0.25, -0.2) is 0 Å². The summed E-state index contributed by atoms with van der Waals surface area (Å²) in [6.45, 7) is 6.32. The van der Waals surface area contributed by atoms with Crippen molar-refractivity contribution in [2.75, 3.05) is 0 Å². The maximum Gasteiger partial charge on any atom is 0.306 e. The van der Waals surface area contributed by atoms with Crippen LogP contribution < -0.4 is 0 Å². The Hall–Kier alpha value is -0.530. The number of ether oxygens (including phenoxy) is 1. The van der Waals surface area contributed by atoms with Crippen LogP contribution in [0.4, 0.5) is 0 Å². The van der Waals surface area contributed by atoms with Crippen LogP contribution in [0.3, 0.4) is 0 Å². The number of hydrogen-bond acceptors (Lipinski definition) is 2. The van der Waals surface area contributed by atoms with Gasteiger partial charge in [0.15, 0.2) is 0 Å². The molecule has 2 nitrogen and oxygen atoms in total. The van der Waals surface area contributed by atoms with Crippen molar-refractivity contribution in [2.24, 2.45) is 0 Å². The first-order valence-corrected chi connectivity index (χ1v) is 5.94. The van der Waals surface area contributed by atoms with E-state index in [9.17, 15) is 4.79 Å². The molecule has 1 unspecified atom stereocenters. The van der Waals surface area contributed by atoms with Gasteiger partial charge in [0, 0.05) is 6.42 Å². The molecule has 0 N–H and O–H groups in total. The smallest absolute Gasteiger partial charge is 0.306 e. The van der Waals surface area contributed by atoms with Crippen molar-refractivity contribution in [1.29, 1.82) is 0 Å². The van der Waals surface area contributed by atoms with Crippen molar-refractivity contribution >= 4 is 5.97 Å².